The van der Waals surface area contributed by atoms with Crippen LogP contribution < -0.4 is 5.43 Å². The molecule has 7 nitrogen and oxygen atoms in total. The third-order valence-electron chi connectivity index (χ3n) is 3.72. The van der Waals surface area contributed by atoms with Gasteiger partial charge in [0.05, 0.1) is 35.2 Å². The number of benzene rings is 1. The second kappa shape index (κ2) is 7.49. The van der Waals surface area contributed by atoms with Gasteiger partial charge in [0.25, 0.3) is 5.91 Å². The van der Waals surface area contributed by atoms with Crippen molar-refractivity contribution in [1.82, 2.24) is 25.0 Å². The maximum atomic E-state index is 13.8. The van der Waals surface area contributed by atoms with Crippen molar-refractivity contribution >= 4 is 23.7 Å². The number of nitrogens with one attached hydrogen (secondary N) is 1. The van der Waals surface area contributed by atoms with Crippen LogP contribution in [-0.4, -0.2) is 31.7 Å². The van der Waals surface area contributed by atoms with Crippen molar-refractivity contribution in [3.05, 3.63) is 70.0 Å². The van der Waals surface area contributed by atoms with Crippen molar-refractivity contribution in [2.45, 2.75) is 13.5 Å². The van der Waals surface area contributed by atoms with Gasteiger partial charge in [0.2, 0.25) is 5.95 Å². The number of nitrogens with zero attached hydrogens (tertiary/aromatic N) is 5. The molecule has 0 aliphatic rings. The SMILES string of the molecule is Cc1nn(C)c(F)c1/C=N\NC(=O)c1ccc(Cn2cc(Cl)cn2)cc1. The second-order valence-corrected chi connectivity index (χ2v) is 6.10. The lowest BCUT2D eigenvalue weighted by Crippen LogP contribution is -2.17. The van der Waals surface area contributed by atoms with E-state index in [1.807, 2.05) is 12.1 Å². The van der Waals surface area contributed by atoms with E-state index in [4.69, 9.17) is 11.6 Å². The van der Waals surface area contributed by atoms with Crippen molar-refractivity contribution in [3.63, 3.8) is 0 Å². The zero-order valence-electron chi connectivity index (χ0n) is 14.1. The first-order valence-corrected chi connectivity index (χ1v) is 8.11. The molecule has 0 radical (unpaired) electrons. The molecule has 0 aliphatic heterocycles. The summed E-state index contributed by atoms with van der Waals surface area (Å²) < 4.78 is 16.6. The molecule has 1 amide bonds. The molecular formula is C17H16ClFN6O. The number of amides is 1. The second-order valence-electron chi connectivity index (χ2n) is 5.67. The first kappa shape index (κ1) is 17.8. The Balaban J connectivity index is 1.62. The van der Waals surface area contributed by atoms with Crippen LogP contribution in [0.4, 0.5) is 4.39 Å². The standard InChI is InChI=1S/C17H16ClFN6O/c1-11-15(16(19)24(2)23-11)8-20-22-17(26)13-5-3-12(4-6-13)9-25-10-14(18)7-21-25/h3-8,10H,9H2,1-2H3,(H,22,26)/b20-8-. The molecule has 0 bridgehead atoms. The van der Waals surface area contributed by atoms with Crippen LogP contribution in [0.2, 0.25) is 5.02 Å². The van der Waals surface area contributed by atoms with E-state index in [1.54, 1.807) is 36.1 Å². The van der Waals surface area contributed by atoms with Crippen LogP contribution in [0.5, 0.6) is 0 Å². The molecule has 0 unspecified atom stereocenters. The Morgan fingerprint density at radius 1 is 1.38 bits per heavy atom. The average Bonchev–Trinajstić information content (AvgIpc) is 3.12. The summed E-state index contributed by atoms with van der Waals surface area (Å²) in [7, 11) is 1.50. The monoisotopic (exact) mass is 374 g/mol. The van der Waals surface area contributed by atoms with Crippen LogP contribution in [0.3, 0.4) is 0 Å². The first-order chi connectivity index (χ1) is 12.4. The minimum atomic E-state index is -0.511. The lowest BCUT2D eigenvalue weighted by Gasteiger charge is -2.04. The van der Waals surface area contributed by atoms with Crippen molar-refractivity contribution < 1.29 is 9.18 Å². The van der Waals surface area contributed by atoms with Crippen LogP contribution in [-0.2, 0) is 13.6 Å². The molecule has 26 heavy (non-hydrogen) atoms. The molecule has 134 valence electrons. The highest BCUT2D eigenvalue weighted by atomic mass is 35.5. The van der Waals surface area contributed by atoms with E-state index in [0.717, 1.165) is 10.2 Å². The van der Waals surface area contributed by atoms with Crippen LogP contribution in [0.15, 0.2) is 41.8 Å². The Morgan fingerprint density at radius 2 is 2.12 bits per heavy atom. The highest BCUT2D eigenvalue weighted by Crippen LogP contribution is 2.10. The van der Waals surface area contributed by atoms with Crippen molar-refractivity contribution in [3.8, 4) is 0 Å². The zero-order valence-corrected chi connectivity index (χ0v) is 14.9. The van der Waals surface area contributed by atoms with E-state index < -0.39 is 11.9 Å². The van der Waals surface area contributed by atoms with Gasteiger partial charge in [0, 0.05) is 18.8 Å². The molecule has 3 rings (SSSR count). The third kappa shape index (κ3) is 3.97. The van der Waals surface area contributed by atoms with Crippen LogP contribution in [0.1, 0.15) is 27.2 Å². The number of hydrogen-bond acceptors (Lipinski definition) is 4. The number of hydrazone groups is 1. The van der Waals surface area contributed by atoms with Gasteiger partial charge in [-0.3, -0.25) is 9.48 Å². The maximum absolute atomic E-state index is 13.8. The number of hydrogen-bond donors (Lipinski definition) is 1. The summed E-state index contributed by atoms with van der Waals surface area (Å²) in [6, 6.07) is 7.00. The summed E-state index contributed by atoms with van der Waals surface area (Å²) in [5.74, 6) is -0.902. The molecule has 0 fully saturated rings. The maximum Gasteiger partial charge on any atom is 0.271 e. The summed E-state index contributed by atoms with van der Waals surface area (Å²) in [5.41, 5.74) is 4.51. The van der Waals surface area contributed by atoms with Gasteiger partial charge >= 0.3 is 0 Å². The Bertz CT molecular complexity index is 960. The van der Waals surface area contributed by atoms with Gasteiger partial charge < -0.3 is 0 Å². The van der Waals surface area contributed by atoms with E-state index in [9.17, 15) is 9.18 Å². The summed E-state index contributed by atoms with van der Waals surface area (Å²) >= 11 is 5.83. The molecule has 3 aromatic rings. The fraction of sp³-hybridized carbons (Fsp3) is 0.176. The Morgan fingerprint density at radius 3 is 2.69 bits per heavy atom. The van der Waals surface area contributed by atoms with Gasteiger partial charge in [-0.05, 0) is 24.6 Å². The highest BCUT2D eigenvalue weighted by Gasteiger charge is 2.11. The highest BCUT2D eigenvalue weighted by molar-refractivity contribution is 6.30. The number of aromatic nitrogens is 4. The van der Waals surface area contributed by atoms with Gasteiger partial charge in [-0.2, -0.15) is 19.7 Å². The molecule has 0 aliphatic carbocycles. The minimum Gasteiger partial charge on any atom is -0.267 e. The molecular weight excluding hydrogens is 359 g/mol. The topological polar surface area (TPSA) is 77.1 Å². The molecule has 9 heteroatoms. The first-order valence-electron chi connectivity index (χ1n) is 7.73. The van der Waals surface area contributed by atoms with Crippen molar-refractivity contribution in [2.75, 3.05) is 0 Å². The Hall–Kier alpha value is -3.00. The largest absolute Gasteiger partial charge is 0.271 e. The minimum absolute atomic E-state index is 0.237. The summed E-state index contributed by atoms with van der Waals surface area (Å²) in [5, 5.41) is 12.4. The number of carbonyl (C=O) groups is 1. The smallest absolute Gasteiger partial charge is 0.267 e. The number of rotatable bonds is 5. The Kier molecular flexibility index (Phi) is 5.13. The van der Waals surface area contributed by atoms with Crippen LogP contribution in [0, 0.1) is 12.9 Å². The number of aryl methyl sites for hydroxylation is 2. The fourth-order valence-electron chi connectivity index (χ4n) is 2.39. The van der Waals surface area contributed by atoms with E-state index in [1.165, 1.54) is 13.3 Å². The lowest BCUT2D eigenvalue weighted by atomic mass is 10.1. The summed E-state index contributed by atoms with van der Waals surface area (Å²) in [6.07, 6.45) is 4.52. The molecule has 2 heterocycles. The van der Waals surface area contributed by atoms with E-state index in [2.05, 4.69) is 20.7 Å². The van der Waals surface area contributed by atoms with Gasteiger partial charge in [-0.15, -0.1) is 0 Å². The normalized spacial score (nSPS) is 11.2. The number of halogens is 2. The molecule has 1 N–H and O–H groups in total. The van der Waals surface area contributed by atoms with E-state index >= 15 is 0 Å². The van der Waals surface area contributed by atoms with Gasteiger partial charge in [0.1, 0.15) is 0 Å². The predicted octanol–water partition coefficient (Wildman–Crippen LogP) is 2.53. The Labute approximate surface area is 154 Å². The van der Waals surface area contributed by atoms with Crippen molar-refractivity contribution in [1.29, 1.82) is 0 Å². The molecule has 0 saturated heterocycles. The quantitative estimate of drug-likeness (QED) is 0.550. The van der Waals surface area contributed by atoms with Crippen molar-refractivity contribution in [2.24, 2.45) is 12.1 Å². The fourth-order valence-corrected chi connectivity index (χ4v) is 2.54. The van der Waals surface area contributed by atoms with Crippen LogP contribution in [0.25, 0.3) is 0 Å². The lowest BCUT2D eigenvalue weighted by molar-refractivity contribution is 0.0955. The molecule has 0 spiro atoms. The summed E-state index contributed by atoms with van der Waals surface area (Å²) in [6.45, 7) is 2.21. The molecule has 0 atom stereocenters. The van der Waals surface area contributed by atoms with Gasteiger partial charge in [0.15, 0.2) is 0 Å². The van der Waals surface area contributed by atoms with Gasteiger partial charge in [-0.1, -0.05) is 23.7 Å². The van der Waals surface area contributed by atoms with E-state index in [-0.39, 0.29) is 5.56 Å². The average molecular weight is 375 g/mol. The molecule has 1 aromatic carbocycles. The predicted molar refractivity (Wildman–Crippen MR) is 95.7 cm³/mol. The third-order valence-corrected chi connectivity index (χ3v) is 3.91. The van der Waals surface area contributed by atoms with Gasteiger partial charge in [-0.25, -0.2) is 10.1 Å². The summed E-state index contributed by atoms with van der Waals surface area (Å²) in [4.78, 5) is 12.1. The van der Waals surface area contributed by atoms with E-state index in [0.29, 0.717) is 22.8 Å². The zero-order chi connectivity index (χ0) is 18.7. The van der Waals surface area contributed by atoms with Crippen LogP contribution >= 0.6 is 11.6 Å². The molecule has 0 saturated carbocycles. The molecule has 2 aromatic heterocycles. The number of carbonyl (C=O) groups excluding carboxylic acids is 1.